The molecule has 0 heterocycles. The third-order valence-corrected chi connectivity index (χ3v) is 3.41. The first kappa shape index (κ1) is 13.8. The fourth-order valence-electron chi connectivity index (χ4n) is 2.35. The number of carbonyl (C=O) groups excluding carboxylic acids is 1. The number of carbonyl (C=O) groups is 2. The van der Waals surface area contributed by atoms with Gasteiger partial charge in [-0.25, -0.2) is 4.79 Å². The summed E-state index contributed by atoms with van der Waals surface area (Å²) < 4.78 is 0. The summed E-state index contributed by atoms with van der Waals surface area (Å²) in [7, 11) is 1.50. The van der Waals surface area contributed by atoms with Crippen molar-refractivity contribution in [2.75, 3.05) is 13.6 Å². The highest BCUT2D eigenvalue weighted by molar-refractivity contribution is 5.79. The third-order valence-electron chi connectivity index (χ3n) is 3.41. The molecule has 0 bridgehead atoms. The molecule has 0 aromatic carbocycles. The number of carboxylic acids is 1. The molecule has 0 aliphatic heterocycles. The minimum absolute atomic E-state index is 0.206. The number of likely N-dealkylation sites (N-methyl/N-ethyl adjacent to an activating group) is 1. The van der Waals surface area contributed by atoms with Crippen LogP contribution in [0, 0.1) is 5.92 Å². The van der Waals surface area contributed by atoms with Crippen molar-refractivity contribution in [1.82, 2.24) is 10.2 Å². The summed E-state index contributed by atoms with van der Waals surface area (Å²) >= 11 is 0. The summed E-state index contributed by atoms with van der Waals surface area (Å²) in [6.45, 7) is 1.92. The molecule has 0 radical (unpaired) electrons. The Bertz CT molecular complexity index is 281. The van der Waals surface area contributed by atoms with Crippen molar-refractivity contribution in [1.29, 1.82) is 0 Å². The van der Waals surface area contributed by atoms with Crippen molar-refractivity contribution in [3.63, 3.8) is 0 Å². The molecule has 98 valence electrons. The third kappa shape index (κ3) is 4.63. The van der Waals surface area contributed by atoms with Crippen LogP contribution in [0.15, 0.2) is 0 Å². The van der Waals surface area contributed by atoms with E-state index in [0.717, 1.165) is 25.7 Å². The predicted molar refractivity (Wildman–Crippen MR) is 64.8 cm³/mol. The summed E-state index contributed by atoms with van der Waals surface area (Å²) in [6.07, 6.45) is 5.56. The molecule has 0 aromatic rings. The molecule has 2 unspecified atom stereocenters. The average Bonchev–Trinajstić information content (AvgIpc) is 2.28. The molecular formula is C12H22N2O3. The van der Waals surface area contributed by atoms with Gasteiger partial charge in [0, 0.05) is 13.1 Å². The zero-order valence-electron chi connectivity index (χ0n) is 10.6. The lowest BCUT2D eigenvalue weighted by molar-refractivity contribution is -0.137. The second-order valence-corrected chi connectivity index (χ2v) is 4.84. The molecule has 1 fully saturated rings. The minimum Gasteiger partial charge on any atom is -0.480 e. The van der Waals surface area contributed by atoms with Crippen LogP contribution in [0.1, 0.15) is 39.0 Å². The van der Waals surface area contributed by atoms with Gasteiger partial charge in [-0.3, -0.25) is 4.79 Å². The van der Waals surface area contributed by atoms with E-state index in [1.807, 2.05) is 0 Å². The number of carboxylic acid groups (broad SMARTS) is 1. The van der Waals surface area contributed by atoms with Gasteiger partial charge in [0.1, 0.15) is 6.54 Å². The van der Waals surface area contributed by atoms with Gasteiger partial charge >= 0.3 is 12.0 Å². The van der Waals surface area contributed by atoms with E-state index in [9.17, 15) is 9.59 Å². The van der Waals surface area contributed by atoms with Crippen LogP contribution in [0.25, 0.3) is 0 Å². The Balaban J connectivity index is 2.37. The first-order valence-electron chi connectivity index (χ1n) is 6.26. The number of amides is 2. The SMILES string of the molecule is CCC1CCCC(NC(=O)N(C)CC(=O)O)C1. The van der Waals surface area contributed by atoms with Gasteiger partial charge in [-0.05, 0) is 18.8 Å². The zero-order chi connectivity index (χ0) is 12.8. The summed E-state index contributed by atoms with van der Waals surface area (Å²) in [5, 5.41) is 11.5. The van der Waals surface area contributed by atoms with E-state index in [-0.39, 0.29) is 18.6 Å². The number of aliphatic carboxylic acids is 1. The molecule has 5 nitrogen and oxygen atoms in total. The summed E-state index contributed by atoms with van der Waals surface area (Å²) in [4.78, 5) is 23.4. The van der Waals surface area contributed by atoms with E-state index in [1.54, 1.807) is 0 Å². The predicted octanol–water partition coefficient (Wildman–Crippen LogP) is 1.68. The van der Waals surface area contributed by atoms with E-state index in [4.69, 9.17) is 5.11 Å². The number of urea groups is 1. The number of nitrogens with one attached hydrogen (secondary N) is 1. The van der Waals surface area contributed by atoms with E-state index in [0.29, 0.717) is 5.92 Å². The molecular weight excluding hydrogens is 220 g/mol. The van der Waals surface area contributed by atoms with Crippen LogP contribution in [0.3, 0.4) is 0 Å². The first-order valence-corrected chi connectivity index (χ1v) is 6.26. The van der Waals surface area contributed by atoms with Gasteiger partial charge in [0.05, 0.1) is 0 Å². The van der Waals surface area contributed by atoms with Gasteiger partial charge in [-0.2, -0.15) is 0 Å². The number of hydrogen-bond donors (Lipinski definition) is 2. The Morgan fingerprint density at radius 1 is 1.41 bits per heavy atom. The molecule has 0 spiro atoms. The molecule has 5 heteroatoms. The van der Waals surface area contributed by atoms with E-state index in [1.165, 1.54) is 18.4 Å². The Labute approximate surface area is 102 Å². The van der Waals surface area contributed by atoms with Crippen LogP contribution in [-0.2, 0) is 4.79 Å². The maximum absolute atomic E-state index is 11.7. The van der Waals surface area contributed by atoms with Crippen molar-refractivity contribution in [3.8, 4) is 0 Å². The normalized spacial score (nSPS) is 24.1. The van der Waals surface area contributed by atoms with Crippen molar-refractivity contribution < 1.29 is 14.7 Å². The van der Waals surface area contributed by atoms with Crippen LogP contribution >= 0.6 is 0 Å². The molecule has 0 saturated heterocycles. The van der Waals surface area contributed by atoms with Crippen LogP contribution in [-0.4, -0.2) is 41.6 Å². The quantitative estimate of drug-likeness (QED) is 0.788. The average molecular weight is 242 g/mol. The van der Waals surface area contributed by atoms with Gasteiger partial charge in [0.2, 0.25) is 0 Å². The van der Waals surface area contributed by atoms with Gasteiger partial charge < -0.3 is 15.3 Å². The molecule has 1 aliphatic rings. The lowest BCUT2D eigenvalue weighted by Crippen LogP contribution is -2.46. The largest absolute Gasteiger partial charge is 0.480 e. The van der Waals surface area contributed by atoms with Crippen molar-refractivity contribution in [3.05, 3.63) is 0 Å². The van der Waals surface area contributed by atoms with Gasteiger partial charge in [0.25, 0.3) is 0 Å². The molecule has 0 aromatic heterocycles. The molecule has 2 amide bonds. The van der Waals surface area contributed by atoms with E-state index >= 15 is 0 Å². The zero-order valence-corrected chi connectivity index (χ0v) is 10.6. The maximum Gasteiger partial charge on any atom is 0.323 e. The Hall–Kier alpha value is -1.26. The highest BCUT2D eigenvalue weighted by Crippen LogP contribution is 2.26. The fourth-order valence-corrected chi connectivity index (χ4v) is 2.35. The summed E-state index contributed by atoms with van der Waals surface area (Å²) in [5.41, 5.74) is 0. The molecule has 2 atom stereocenters. The fraction of sp³-hybridized carbons (Fsp3) is 0.833. The molecule has 1 saturated carbocycles. The van der Waals surface area contributed by atoms with E-state index < -0.39 is 5.97 Å². The van der Waals surface area contributed by atoms with Crippen LogP contribution < -0.4 is 5.32 Å². The Morgan fingerprint density at radius 3 is 2.71 bits per heavy atom. The highest BCUT2D eigenvalue weighted by atomic mass is 16.4. The number of nitrogens with zero attached hydrogens (tertiary/aromatic N) is 1. The maximum atomic E-state index is 11.7. The lowest BCUT2D eigenvalue weighted by atomic mass is 9.84. The number of hydrogen-bond acceptors (Lipinski definition) is 2. The molecule has 2 N–H and O–H groups in total. The highest BCUT2D eigenvalue weighted by Gasteiger charge is 2.23. The monoisotopic (exact) mass is 242 g/mol. The van der Waals surface area contributed by atoms with Crippen molar-refractivity contribution >= 4 is 12.0 Å². The Morgan fingerprint density at radius 2 is 2.12 bits per heavy atom. The second kappa shape index (κ2) is 6.47. The minimum atomic E-state index is -0.988. The first-order chi connectivity index (χ1) is 8.02. The van der Waals surface area contributed by atoms with Gasteiger partial charge in [0.15, 0.2) is 0 Å². The molecule has 17 heavy (non-hydrogen) atoms. The van der Waals surface area contributed by atoms with Crippen LogP contribution in [0.5, 0.6) is 0 Å². The Kier molecular flexibility index (Phi) is 5.25. The second-order valence-electron chi connectivity index (χ2n) is 4.84. The molecule has 1 aliphatic carbocycles. The van der Waals surface area contributed by atoms with E-state index in [2.05, 4.69) is 12.2 Å². The molecule has 1 rings (SSSR count). The smallest absolute Gasteiger partial charge is 0.323 e. The van der Waals surface area contributed by atoms with Crippen molar-refractivity contribution in [2.24, 2.45) is 5.92 Å². The van der Waals surface area contributed by atoms with Crippen LogP contribution in [0.4, 0.5) is 4.79 Å². The van der Waals surface area contributed by atoms with Gasteiger partial charge in [-0.15, -0.1) is 0 Å². The number of rotatable bonds is 4. The lowest BCUT2D eigenvalue weighted by Gasteiger charge is -2.30. The standard InChI is InChI=1S/C12H22N2O3/c1-3-9-5-4-6-10(7-9)13-12(17)14(2)8-11(15)16/h9-10H,3-8H2,1-2H3,(H,13,17)(H,15,16). The topological polar surface area (TPSA) is 69.6 Å². The summed E-state index contributed by atoms with van der Waals surface area (Å²) in [6, 6.07) is -0.0772. The van der Waals surface area contributed by atoms with Gasteiger partial charge in [-0.1, -0.05) is 26.2 Å². The van der Waals surface area contributed by atoms with Crippen LogP contribution in [0.2, 0.25) is 0 Å². The van der Waals surface area contributed by atoms with Crippen molar-refractivity contribution in [2.45, 2.75) is 45.1 Å². The summed E-state index contributed by atoms with van der Waals surface area (Å²) in [5.74, 6) is -0.295.